The Bertz CT molecular complexity index is 1050. The highest BCUT2D eigenvalue weighted by atomic mass is 32.4. The molecule has 3 aliphatic rings. The Hall–Kier alpha value is -1.94. The average molecular weight is 423 g/mol. The third kappa shape index (κ3) is 2.68. The number of allylic oxidation sites excluding steroid dienone is 2. The summed E-state index contributed by atoms with van der Waals surface area (Å²) in [5, 5.41) is 6.16. The van der Waals surface area contributed by atoms with Crippen molar-refractivity contribution in [3.05, 3.63) is 71.2 Å². The van der Waals surface area contributed by atoms with Crippen LogP contribution in [0.1, 0.15) is 32.3 Å². The Morgan fingerprint density at radius 3 is 2.31 bits per heavy atom. The molecule has 0 aliphatic carbocycles. The molecule has 0 radical (unpaired) electrons. The molecule has 0 unspecified atom stereocenters. The quantitative estimate of drug-likeness (QED) is 0.593. The van der Waals surface area contributed by atoms with Crippen LogP contribution < -0.4 is 9.68 Å². The summed E-state index contributed by atoms with van der Waals surface area (Å²) in [6.07, 6.45) is 2.24. The summed E-state index contributed by atoms with van der Waals surface area (Å²) >= 11 is 6.61. The van der Waals surface area contributed by atoms with E-state index in [1.165, 1.54) is 35.1 Å². The van der Waals surface area contributed by atoms with Crippen molar-refractivity contribution in [2.75, 3.05) is 29.8 Å². The van der Waals surface area contributed by atoms with Gasteiger partial charge in [0, 0.05) is 36.9 Å². The van der Waals surface area contributed by atoms with Crippen molar-refractivity contribution in [2.45, 2.75) is 32.1 Å². The van der Waals surface area contributed by atoms with E-state index in [0.29, 0.717) is 0 Å². The van der Waals surface area contributed by atoms with E-state index in [9.17, 15) is 0 Å². The minimum atomic E-state index is -2.24. The first-order valence-electron chi connectivity index (χ1n) is 10.3. The fourth-order valence-corrected chi connectivity index (χ4v) is 9.46. The third-order valence-corrected chi connectivity index (χ3v) is 11.1. The summed E-state index contributed by atoms with van der Waals surface area (Å²) in [5.74, 6) is 0. The Kier molecular flexibility index (Phi) is 4.47. The number of likely N-dealkylation sites (N-methyl/N-ethyl adjacent to an activating group) is 1. The number of nitrogens with zero attached hydrogens (tertiary/aromatic N) is 4. The Morgan fingerprint density at radius 1 is 0.966 bits per heavy atom. The normalized spacial score (nSPS) is 28.4. The SMILES string of the molecule is CN1/C(=C2\C=NN(c3ccccc3)[P@@]2(=S)N2CCCC2)C(C)(C)c2ccccc21. The van der Waals surface area contributed by atoms with Crippen LogP contribution in [-0.2, 0) is 17.2 Å². The number of rotatable bonds is 2. The summed E-state index contributed by atoms with van der Waals surface area (Å²) < 4.78 is 4.69. The number of hydrazone groups is 1. The molecule has 3 heterocycles. The molecule has 150 valence electrons. The van der Waals surface area contributed by atoms with Crippen molar-refractivity contribution < 1.29 is 0 Å². The highest BCUT2D eigenvalue weighted by Gasteiger charge is 2.48. The number of anilines is 2. The largest absolute Gasteiger partial charge is 0.346 e. The number of hydrogen-bond acceptors (Lipinski definition) is 3. The molecule has 0 bridgehead atoms. The topological polar surface area (TPSA) is 22.1 Å². The minimum Gasteiger partial charge on any atom is -0.346 e. The lowest BCUT2D eigenvalue weighted by atomic mass is 9.84. The van der Waals surface area contributed by atoms with Gasteiger partial charge in [-0.25, -0.2) is 4.78 Å². The zero-order chi connectivity index (χ0) is 20.2. The van der Waals surface area contributed by atoms with Gasteiger partial charge in [-0.15, -0.1) is 0 Å². The second kappa shape index (κ2) is 6.80. The van der Waals surface area contributed by atoms with Crippen molar-refractivity contribution in [1.82, 2.24) is 4.67 Å². The molecule has 3 aliphatic heterocycles. The van der Waals surface area contributed by atoms with Gasteiger partial charge in [0.25, 0.3) is 0 Å². The van der Waals surface area contributed by atoms with Crippen LogP contribution in [0.2, 0.25) is 0 Å². The van der Waals surface area contributed by atoms with Gasteiger partial charge in [-0.2, -0.15) is 5.10 Å². The van der Waals surface area contributed by atoms with Gasteiger partial charge >= 0.3 is 0 Å². The molecule has 1 fully saturated rings. The summed E-state index contributed by atoms with van der Waals surface area (Å²) in [4.78, 5) is 2.35. The van der Waals surface area contributed by atoms with Crippen LogP contribution in [-0.4, -0.2) is 31.0 Å². The lowest BCUT2D eigenvalue weighted by molar-refractivity contribution is 0.563. The molecule has 2 aromatic rings. The lowest BCUT2D eigenvalue weighted by Gasteiger charge is -2.38. The van der Waals surface area contributed by atoms with Crippen LogP contribution in [0, 0.1) is 0 Å². The minimum absolute atomic E-state index is 0.108. The van der Waals surface area contributed by atoms with Crippen molar-refractivity contribution in [3.8, 4) is 0 Å². The van der Waals surface area contributed by atoms with Crippen LogP contribution in [0.25, 0.3) is 0 Å². The Balaban J connectivity index is 1.73. The second-order valence-electron chi connectivity index (χ2n) is 8.51. The zero-order valence-corrected chi connectivity index (χ0v) is 19.0. The number of hydrogen-bond donors (Lipinski definition) is 0. The molecule has 5 rings (SSSR count). The van der Waals surface area contributed by atoms with Gasteiger partial charge in [0.2, 0.25) is 0 Å². The molecular formula is C23H27N4PS. The number of fused-ring (bicyclic) bond motifs is 1. The third-order valence-electron chi connectivity index (χ3n) is 6.42. The van der Waals surface area contributed by atoms with Gasteiger partial charge in [0.05, 0.1) is 17.2 Å². The first-order valence-corrected chi connectivity index (χ1v) is 13.0. The first kappa shape index (κ1) is 19.0. The lowest BCUT2D eigenvalue weighted by Crippen LogP contribution is -2.30. The molecular weight excluding hydrogens is 395 g/mol. The molecule has 0 saturated carbocycles. The standard InChI is InChI=1S/C23H27N4PS/c1-23(2)19-13-7-8-14-20(19)25(3)22(23)21-17-24-27(18-11-5-4-6-12-18)28(21,29)26-15-9-10-16-26/h4-8,11-14,17H,9-10,15-16H2,1-3H3/b22-21+/t28-/m0/s1. The molecule has 2 aromatic carbocycles. The second-order valence-corrected chi connectivity index (χ2v) is 12.6. The molecule has 1 atom stereocenters. The van der Waals surface area contributed by atoms with Gasteiger partial charge in [-0.1, -0.05) is 62.1 Å². The fourth-order valence-electron chi connectivity index (χ4n) is 5.04. The highest BCUT2D eigenvalue weighted by Crippen LogP contribution is 2.68. The van der Waals surface area contributed by atoms with Crippen molar-refractivity contribution in [2.24, 2.45) is 5.10 Å². The Labute approximate surface area is 178 Å². The van der Waals surface area contributed by atoms with Gasteiger partial charge in [-0.05, 0) is 36.6 Å². The van der Waals surface area contributed by atoms with E-state index in [0.717, 1.165) is 18.8 Å². The van der Waals surface area contributed by atoms with E-state index in [4.69, 9.17) is 16.9 Å². The predicted molar refractivity (Wildman–Crippen MR) is 127 cm³/mol. The molecule has 1 saturated heterocycles. The molecule has 29 heavy (non-hydrogen) atoms. The summed E-state index contributed by atoms with van der Waals surface area (Å²) in [5.41, 5.74) is 4.92. The molecule has 0 spiro atoms. The maximum atomic E-state index is 6.61. The van der Waals surface area contributed by atoms with E-state index in [1.807, 2.05) is 6.07 Å². The van der Waals surface area contributed by atoms with Gasteiger partial charge in [0.15, 0.2) is 6.34 Å². The molecule has 0 aromatic heterocycles. The maximum absolute atomic E-state index is 6.61. The van der Waals surface area contributed by atoms with Crippen LogP contribution >= 0.6 is 6.34 Å². The van der Waals surface area contributed by atoms with E-state index in [1.54, 1.807) is 0 Å². The smallest absolute Gasteiger partial charge is 0.154 e. The zero-order valence-electron chi connectivity index (χ0n) is 17.2. The van der Waals surface area contributed by atoms with E-state index < -0.39 is 6.34 Å². The molecule has 6 heteroatoms. The van der Waals surface area contributed by atoms with Crippen LogP contribution in [0.15, 0.2) is 70.7 Å². The fraction of sp³-hybridized carbons (Fsp3) is 0.348. The van der Waals surface area contributed by atoms with E-state index in [-0.39, 0.29) is 5.41 Å². The van der Waals surface area contributed by atoms with Crippen molar-refractivity contribution in [1.29, 1.82) is 0 Å². The number of benzene rings is 2. The molecule has 0 amide bonds. The average Bonchev–Trinajstić information content (AvgIpc) is 3.42. The summed E-state index contributed by atoms with van der Waals surface area (Å²) in [7, 11) is 2.18. The van der Waals surface area contributed by atoms with Crippen LogP contribution in [0.3, 0.4) is 0 Å². The Morgan fingerprint density at radius 2 is 1.62 bits per heavy atom. The number of para-hydroxylation sites is 2. The van der Waals surface area contributed by atoms with E-state index in [2.05, 4.69) is 90.0 Å². The van der Waals surface area contributed by atoms with Crippen molar-refractivity contribution in [3.63, 3.8) is 0 Å². The maximum Gasteiger partial charge on any atom is 0.154 e. The summed E-state index contributed by atoms with van der Waals surface area (Å²) in [6.45, 7) is 6.75. The molecule has 0 N–H and O–H groups in total. The van der Waals surface area contributed by atoms with E-state index >= 15 is 0 Å². The van der Waals surface area contributed by atoms with Crippen LogP contribution in [0.5, 0.6) is 0 Å². The predicted octanol–water partition coefficient (Wildman–Crippen LogP) is 5.54. The van der Waals surface area contributed by atoms with Crippen molar-refractivity contribution >= 4 is 35.7 Å². The van der Waals surface area contributed by atoms with Gasteiger partial charge in [-0.3, -0.25) is 4.67 Å². The van der Waals surface area contributed by atoms with Crippen LogP contribution in [0.4, 0.5) is 11.4 Å². The first-order chi connectivity index (χ1) is 14.0. The monoisotopic (exact) mass is 422 g/mol. The molecule has 4 nitrogen and oxygen atoms in total. The van der Waals surface area contributed by atoms with Gasteiger partial charge < -0.3 is 4.90 Å². The summed E-state index contributed by atoms with van der Waals surface area (Å²) in [6, 6.07) is 19.2. The highest BCUT2D eigenvalue weighted by molar-refractivity contribution is 8.16. The van der Waals surface area contributed by atoms with Gasteiger partial charge in [0.1, 0.15) is 0 Å².